The zero-order valence-corrected chi connectivity index (χ0v) is 11.7. The highest BCUT2D eigenvalue weighted by molar-refractivity contribution is 5.77. The highest BCUT2D eigenvalue weighted by Crippen LogP contribution is 2.21. The lowest BCUT2D eigenvalue weighted by molar-refractivity contribution is -0.127. The second kappa shape index (κ2) is 6.55. The molecule has 0 spiro atoms. The molecule has 0 radical (unpaired) electrons. The molecular weight excluding hydrogens is 226 g/mol. The molecule has 18 heavy (non-hydrogen) atoms. The molecule has 100 valence electrons. The second-order valence-electron chi connectivity index (χ2n) is 5.39. The Hall–Kier alpha value is -1.35. The van der Waals surface area contributed by atoms with Gasteiger partial charge in [0.25, 0.3) is 0 Å². The normalized spacial score (nSPS) is 11.6. The highest BCUT2D eigenvalue weighted by Gasteiger charge is 2.20. The first-order valence-electron chi connectivity index (χ1n) is 6.35. The standard InChI is InChI=1S/C15H23NO2/c1-12(2)18-10-14(17)16-11-15(3,4)13-8-6-5-7-9-13/h5-9,12H,10-11H2,1-4H3,(H,16,17). The molecule has 0 aliphatic carbocycles. The molecule has 0 aliphatic rings. The van der Waals surface area contributed by atoms with Crippen molar-refractivity contribution in [2.75, 3.05) is 13.2 Å². The van der Waals surface area contributed by atoms with E-state index in [0.29, 0.717) is 6.54 Å². The summed E-state index contributed by atoms with van der Waals surface area (Å²) in [5.74, 6) is -0.0623. The van der Waals surface area contributed by atoms with Crippen LogP contribution in [0.3, 0.4) is 0 Å². The SMILES string of the molecule is CC(C)OCC(=O)NCC(C)(C)c1ccccc1. The number of hydrogen-bond acceptors (Lipinski definition) is 2. The Balaban J connectivity index is 2.45. The minimum absolute atomic E-state index is 0.0623. The summed E-state index contributed by atoms with van der Waals surface area (Å²) in [5.41, 5.74) is 1.14. The third kappa shape index (κ3) is 4.88. The Morgan fingerprint density at radius 1 is 1.28 bits per heavy atom. The first kappa shape index (κ1) is 14.7. The summed E-state index contributed by atoms with van der Waals surface area (Å²) in [6.07, 6.45) is 0.0814. The number of hydrogen-bond donors (Lipinski definition) is 1. The van der Waals surface area contributed by atoms with Gasteiger partial charge in [0, 0.05) is 12.0 Å². The summed E-state index contributed by atoms with van der Waals surface area (Å²) in [6.45, 7) is 8.81. The third-order valence-corrected chi connectivity index (χ3v) is 2.83. The van der Waals surface area contributed by atoms with Crippen LogP contribution in [0.15, 0.2) is 30.3 Å². The van der Waals surface area contributed by atoms with Crippen molar-refractivity contribution in [1.29, 1.82) is 0 Å². The zero-order chi connectivity index (χ0) is 13.6. The lowest BCUT2D eigenvalue weighted by atomic mass is 9.84. The lowest BCUT2D eigenvalue weighted by Crippen LogP contribution is -2.38. The quantitative estimate of drug-likeness (QED) is 0.841. The topological polar surface area (TPSA) is 38.3 Å². The number of carbonyl (C=O) groups excluding carboxylic acids is 1. The molecular formula is C15H23NO2. The van der Waals surface area contributed by atoms with Gasteiger partial charge in [-0.15, -0.1) is 0 Å². The average Bonchev–Trinajstić information content (AvgIpc) is 2.35. The van der Waals surface area contributed by atoms with Crippen LogP contribution >= 0.6 is 0 Å². The van der Waals surface area contributed by atoms with Gasteiger partial charge in [-0.3, -0.25) is 4.79 Å². The van der Waals surface area contributed by atoms with Crippen LogP contribution in [0.25, 0.3) is 0 Å². The fourth-order valence-electron chi connectivity index (χ4n) is 1.60. The van der Waals surface area contributed by atoms with Crippen molar-refractivity contribution in [3.05, 3.63) is 35.9 Å². The van der Waals surface area contributed by atoms with E-state index >= 15 is 0 Å². The van der Waals surface area contributed by atoms with E-state index < -0.39 is 0 Å². The van der Waals surface area contributed by atoms with Gasteiger partial charge in [-0.1, -0.05) is 44.2 Å². The molecule has 3 heteroatoms. The van der Waals surface area contributed by atoms with Crippen LogP contribution in [0, 0.1) is 0 Å². The van der Waals surface area contributed by atoms with E-state index in [2.05, 4.69) is 31.3 Å². The first-order chi connectivity index (χ1) is 8.42. The summed E-state index contributed by atoms with van der Waals surface area (Å²) in [4.78, 5) is 11.6. The number of rotatable bonds is 6. The summed E-state index contributed by atoms with van der Waals surface area (Å²) in [5, 5.41) is 2.91. The van der Waals surface area contributed by atoms with Crippen molar-refractivity contribution in [2.24, 2.45) is 0 Å². The van der Waals surface area contributed by atoms with Gasteiger partial charge in [0.2, 0.25) is 5.91 Å². The lowest BCUT2D eigenvalue weighted by Gasteiger charge is -2.25. The van der Waals surface area contributed by atoms with Gasteiger partial charge in [-0.25, -0.2) is 0 Å². The van der Waals surface area contributed by atoms with Crippen molar-refractivity contribution in [2.45, 2.75) is 39.2 Å². The van der Waals surface area contributed by atoms with Gasteiger partial charge in [-0.2, -0.15) is 0 Å². The summed E-state index contributed by atoms with van der Waals surface area (Å²) < 4.78 is 5.26. The molecule has 0 atom stereocenters. The number of amides is 1. The van der Waals surface area contributed by atoms with Gasteiger partial charge in [0.1, 0.15) is 6.61 Å². The number of ether oxygens (including phenoxy) is 1. The maximum atomic E-state index is 11.6. The zero-order valence-electron chi connectivity index (χ0n) is 11.7. The summed E-state index contributed by atoms with van der Waals surface area (Å²) >= 11 is 0. The van der Waals surface area contributed by atoms with E-state index in [1.54, 1.807) is 0 Å². The van der Waals surface area contributed by atoms with Crippen molar-refractivity contribution >= 4 is 5.91 Å². The van der Waals surface area contributed by atoms with Crippen LogP contribution in [0.5, 0.6) is 0 Å². The summed E-state index contributed by atoms with van der Waals surface area (Å²) in [7, 11) is 0. The van der Waals surface area contributed by atoms with E-state index in [0.717, 1.165) is 0 Å². The van der Waals surface area contributed by atoms with Gasteiger partial charge in [-0.05, 0) is 19.4 Å². The Morgan fingerprint density at radius 2 is 1.89 bits per heavy atom. The van der Waals surface area contributed by atoms with Gasteiger partial charge in [0.15, 0.2) is 0 Å². The number of carbonyl (C=O) groups is 1. The van der Waals surface area contributed by atoms with Crippen molar-refractivity contribution in [3.63, 3.8) is 0 Å². The fraction of sp³-hybridized carbons (Fsp3) is 0.533. The molecule has 1 N–H and O–H groups in total. The molecule has 0 bridgehead atoms. The van der Waals surface area contributed by atoms with Crippen molar-refractivity contribution < 1.29 is 9.53 Å². The Bertz CT molecular complexity index is 371. The average molecular weight is 249 g/mol. The molecule has 1 aromatic rings. The van der Waals surface area contributed by atoms with Crippen molar-refractivity contribution in [1.82, 2.24) is 5.32 Å². The van der Waals surface area contributed by atoms with Gasteiger partial charge >= 0.3 is 0 Å². The summed E-state index contributed by atoms with van der Waals surface area (Å²) in [6, 6.07) is 10.2. The smallest absolute Gasteiger partial charge is 0.246 e. The molecule has 1 rings (SSSR count). The van der Waals surface area contributed by atoms with E-state index in [9.17, 15) is 4.79 Å². The predicted molar refractivity (Wildman–Crippen MR) is 73.6 cm³/mol. The molecule has 1 amide bonds. The minimum atomic E-state index is -0.0747. The largest absolute Gasteiger partial charge is 0.369 e. The molecule has 0 fully saturated rings. The minimum Gasteiger partial charge on any atom is -0.369 e. The maximum absolute atomic E-state index is 11.6. The van der Waals surface area contributed by atoms with E-state index in [1.807, 2.05) is 32.0 Å². The van der Waals surface area contributed by atoms with Gasteiger partial charge < -0.3 is 10.1 Å². The van der Waals surface area contributed by atoms with Crippen LogP contribution < -0.4 is 5.32 Å². The Labute approximate surface area is 110 Å². The second-order valence-corrected chi connectivity index (χ2v) is 5.39. The van der Waals surface area contributed by atoms with Crippen LogP contribution in [0.2, 0.25) is 0 Å². The number of benzene rings is 1. The van der Waals surface area contributed by atoms with Crippen LogP contribution in [0.1, 0.15) is 33.3 Å². The number of nitrogens with one attached hydrogen (secondary N) is 1. The fourth-order valence-corrected chi connectivity index (χ4v) is 1.60. The maximum Gasteiger partial charge on any atom is 0.246 e. The molecule has 0 aromatic heterocycles. The first-order valence-corrected chi connectivity index (χ1v) is 6.35. The molecule has 1 aromatic carbocycles. The monoisotopic (exact) mass is 249 g/mol. The van der Waals surface area contributed by atoms with E-state index in [4.69, 9.17) is 4.74 Å². The molecule has 0 unspecified atom stereocenters. The van der Waals surface area contributed by atoms with E-state index in [-0.39, 0.29) is 24.0 Å². The van der Waals surface area contributed by atoms with Crippen LogP contribution in [-0.2, 0) is 14.9 Å². The van der Waals surface area contributed by atoms with Crippen LogP contribution in [-0.4, -0.2) is 25.2 Å². The molecule has 0 aliphatic heterocycles. The van der Waals surface area contributed by atoms with Crippen molar-refractivity contribution in [3.8, 4) is 0 Å². The Kier molecular flexibility index (Phi) is 5.35. The van der Waals surface area contributed by atoms with E-state index in [1.165, 1.54) is 5.56 Å². The molecule has 0 saturated heterocycles. The highest BCUT2D eigenvalue weighted by atomic mass is 16.5. The molecule has 3 nitrogen and oxygen atoms in total. The third-order valence-electron chi connectivity index (χ3n) is 2.83. The molecule has 0 saturated carbocycles. The molecule has 0 heterocycles. The van der Waals surface area contributed by atoms with Crippen LogP contribution in [0.4, 0.5) is 0 Å². The van der Waals surface area contributed by atoms with Gasteiger partial charge in [0.05, 0.1) is 6.10 Å². The predicted octanol–water partition coefficient (Wildman–Crippen LogP) is 2.51. The Morgan fingerprint density at radius 3 is 2.44 bits per heavy atom.